The molecule has 0 aliphatic rings. The number of hydrogen-bond donors (Lipinski definition) is 1. The fourth-order valence-corrected chi connectivity index (χ4v) is 2.26. The van der Waals surface area contributed by atoms with Gasteiger partial charge >= 0.3 is 0 Å². The summed E-state index contributed by atoms with van der Waals surface area (Å²) in [7, 11) is 1.91. The van der Waals surface area contributed by atoms with Crippen LogP contribution in [0.4, 0.5) is 15.8 Å². The number of nitrogen functional groups attached to an aromatic ring is 1. The molecule has 0 aliphatic carbocycles. The van der Waals surface area contributed by atoms with E-state index in [1.54, 1.807) is 6.07 Å². The number of anilines is 2. The van der Waals surface area contributed by atoms with Crippen LogP contribution in [0.3, 0.4) is 0 Å². The first-order chi connectivity index (χ1) is 8.54. The lowest BCUT2D eigenvalue weighted by Gasteiger charge is -2.20. The van der Waals surface area contributed by atoms with Crippen molar-refractivity contribution in [2.24, 2.45) is 0 Å². The van der Waals surface area contributed by atoms with Gasteiger partial charge in [0.2, 0.25) is 0 Å². The molecular weight excluding hydrogens is 295 g/mol. The summed E-state index contributed by atoms with van der Waals surface area (Å²) in [6.07, 6.45) is 0. The molecule has 0 spiro atoms. The molecule has 2 N–H and O–H groups in total. The third kappa shape index (κ3) is 3.23. The highest BCUT2D eigenvalue weighted by atomic mass is 79.9. The van der Waals surface area contributed by atoms with Crippen molar-refractivity contribution in [1.29, 1.82) is 0 Å². The quantitative estimate of drug-likeness (QED) is 0.874. The first-order valence-corrected chi connectivity index (χ1v) is 6.35. The van der Waals surface area contributed by atoms with E-state index in [2.05, 4.69) is 15.9 Å². The first-order valence-electron chi connectivity index (χ1n) is 5.56. The van der Waals surface area contributed by atoms with E-state index in [4.69, 9.17) is 5.73 Å². The van der Waals surface area contributed by atoms with E-state index in [-0.39, 0.29) is 5.82 Å². The average Bonchev–Trinajstić information content (AvgIpc) is 2.27. The van der Waals surface area contributed by atoms with Crippen molar-refractivity contribution in [2.45, 2.75) is 6.54 Å². The zero-order valence-corrected chi connectivity index (χ0v) is 11.6. The van der Waals surface area contributed by atoms with Gasteiger partial charge in [-0.15, -0.1) is 0 Å². The molecule has 0 amide bonds. The normalized spacial score (nSPS) is 10.4. The summed E-state index contributed by atoms with van der Waals surface area (Å²) in [4.78, 5) is 1.96. The van der Waals surface area contributed by atoms with Crippen LogP contribution in [0.2, 0.25) is 0 Å². The summed E-state index contributed by atoms with van der Waals surface area (Å²) in [5, 5.41) is 0. The lowest BCUT2D eigenvalue weighted by atomic mass is 10.2. The second kappa shape index (κ2) is 5.40. The Morgan fingerprint density at radius 2 is 2.00 bits per heavy atom. The van der Waals surface area contributed by atoms with E-state index in [1.807, 2.05) is 36.2 Å². The summed E-state index contributed by atoms with van der Waals surface area (Å²) < 4.78 is 14.3. The Kier molecular flexibility index (Phi) is 3.87. The van der Waals surface area contributed by atoms with Gasteiger partial charge in [0.15, 0.2) is 0 Å². The van der Waals surface area contributed by atoms with Gasteiger partial charge in [0.25, 0.3) is 0 Å². The zero-order chi connectivity index (χ0) is 13.1. The van der Waals surface area contributed by atoms with Crippen molar-refractivity contribution < 1.29 is 4.39 Å². The summed E-state index contributed by atoms with van der Waals surface area (Å²) in [5.74, 6) is -0.314. The van der Waals surface area contributed by atoms with Crippen molar-refractivity contribution in [3.63, 3.8) is 0 Å². The minimum atomic E-state index is -0.314. The second-order valence-corrected chi connectivity index (χ2v) is 5.14. The topological polar surface area (TPSA) is 29.3 Å². The lowest BCUT2D eigenvalue weighted by molar-refractivity contribution is 0.628. The third-order valence-corrected chi connectivity index (χ3v) is 3.15. The molecule has 94 valence electrons. The molecule has 18 heavy (non-hydrogen) atoms. The van der Waals surface area contributed by atoms with Gasteiger partial charge in [-0.1, -0.05) is 28.1 Å². The molecule has 0 aliphatic heterocycles. The molecule has 0 radical (unpaired) electrons. The van der Waals surface area contributed by atoms with Crippen molar-refractivity contribution in [1.82, 2.24) is 0 Å². The number of nitrogens with zero attached hydrogens (tertiary/aromatic N) is 1. The van der Waals surface area contributed by atoms with Gasteiger partial charge in [-0.05, 0) is 35.9 Å². The predicted molar refractivity (Wildman–Crippen MR) is 77.1 cm³/mol. The fourth-order valence-electron chi connectivity index (χ4n) is 1.82. The monoisotopic (exact) mass is 308 g/mol. The minimum Gasteiger partial charge on any atom is -0.399 e. The molecule has 0 saturated heterocycles. The number of benzene rings is 2. The highest BCUT2D eigenvalue weighted by Crippen LogP contribution is 2.21. The van der Waals surface area contributed by atoms with Crippen LogP contribution in [0.25, 0.3) is 0 Å². The Hall–Kier alpha value is -1.55. The van der Waals surface area contributed by atoms with Crippen LogP contribution >= 0.6 is 15.9 Å². The van der Waals surface area contributed by atoms with E-state index >= 15 is 0 Å². The summed E-state index contributed by atoms with van der Waals surface area (Å²) in [5.41, 5.74) is 8.00. The maximum absolute atomic E-state index is 13.3. The maximum atomic E-state index is 13.3. The molecular formula is C14H14BrFN2. The standard InChI is InChI=1S/C14H14BrFN2/c1-18(9-10-3-2-4-11(15)5-10)14-7-12(16)6-13(17)8-14/h2-8H,9,17H2,1H3. The smallest absolute Gasteiger partial charge is 0.127 e. The van der Waals surface area contributed by atoms with Gasteiger partial charge in [0, 0.05) is 29.4 Å². The van der Waals surface area contributed by atoms with Gasteiger partial charge < -0.3 is 10.6 Å². The number of nitrogens with two attached hydrogens (primary N) is 1. The Bertz CT molecular complexity index is 537. The van der Waals surface area contributed by atoms with Gasteiger partial charge in [0.05, 0.1) is 0 Å². The zero-order valence-electron chi connectivity index (χ0n) is 10.0. The third-order valence-electron chi connectivity index (χ3n) is 2.65. The van der Waals surface area contributed by atoms with E-state index in [9.17, 15) is 4.39 Å². The Balaban J connectivity index is 2.19. The Labute approximate surface area is 114 Å². The van der Waals surface area contributed by atoms with Crippen LogP contribution in [0.1, 0.15) is 5.56 Å². The molecule has 0 atom stereocenters. The van der Waals surface area contributed by atoms with Crippen molar-refractivity contribution in [3.05, 3.63) is 58.3 Å². The van der Waals surface area contributed by atoms with Crippen LogP contribution in [0.15, 0.2) is 46.9 Å². The highest BCUT2D eigenvalue weighted by Gasteiger charge is 2.05. The van der Waals surface area contributed by atoms with Gasteiger partial charge in [-0.3, -0.25) is 0 Å². The van der Waals surface area contributed by atoms with E-state index in [0.29, 0.717) is 12.2 Å². The minimum absolute atomic E-state index is 0.314. The largest absolute Gasteiger partial charge is 0.399 e. The van der Waals surface area contributed by atoms with Crippen LogP contribution < -0.4 is 10.6 Å². The predicted octanol–water partition coefficient (Wildman–Crippen LogP) is 3.81. The second-order valence-electron chi connectivity index (χ2n) is 4.23. The van der Waals surface area contributed by atoms with Crippen molar-refractivity contribution in [3.8, 4) is 0 Å². The lowest BCUT2D eigenvalue weighted by Crippen LogP contribution is -2.16. The molecule has 0 unspecified atom stereocenters. The van der Waals surface area contributed by atoms with E-state index in [1.165, 1.54) is 12.1 Å². The first kappa shape index (κ1) is 12.9. The Morgan fingerprint density at radius 3 is 2.67 bits per heavy atom. The highest BCUT2D eigenvalue weighted by molar-refractivity contribution is 9.10. The number of hydrogen-bond acceptors (Lipinski definition) is 2. The maximum Gasteiger partial charge on any atom is 0.127 e. The number of halogens is 2. The molecule has 2 aromatic rings. The van der Waals surface area contributed by atoms with Crippen LogP contribution in [-0.4, -0.2) is 7.05 Å². The number of rotatable bonds is 3. The van der Waals surface area contributed by atoms with Crippen LogP contribution in [0.5, 0.6) is 0 Å². The summed E-state index contributed by atoms with van der Waals surface area (Å²) in [6.45, 7) is 0.697. The average molecular weight is 309 g/mol. The van der Waals surface area contributed by atoms with Crippen molar-refractivity contribution in [2.75, 3.05) is 17.7 Å². The molecule has 2 rings (SSSR count). The molecule has 0 bridgehead atoms. The van der Waals surface area contributed by atoms with Gasteiger partial charge in [0.1, 0.15) is 5.82 Å². The molecule has 0 heterocycles. The van der Waals surface area contributed by atoms with Crippen LogP contribution in [-0.2, 0) is 6.54 Å². The summed E-state index contributed by atoms with van der Waals surface area (Å²) in [6, 6.07) is 12.6. The van der Waals surface area contributed by atoms with Crippen LogP contribution in [0, 0.1) is 5.82 Å². The summed E-state index contributed by atoms with van der Waals surface area (Å²) >= 11 is 3.43. The van der Waals surface area contributed by atoms with Crippen molar-refractivity contribution >= 4 is 27.3 Å². The molecule has 2 aromatic carbocycles. The SMILES string of the molecule is CN(Cc1cccc(Br)c1)c1cc(N)cc(F)c1. The molecule has 4 heteroatoms. The van der Waals surface area contributed by atoms with E-state index in [0.717, 1.165) is 15.7 Å². The molecule has 0 fully saturated rings. The van der Waals surface area contributed by atoms with E-state index < -0.39 is 0 Å². The van der Waals surface area contributed by atoms with Gasteiger partial charge in [-0.2, -0.15) is 0 Å². The fraction of sp³-hybridized carbons (Fsp3) is 0.143. The molecule has 2 nitrogen and oxygen atoms in total. The molecule has 0 saturated carbocycles. The van der Waals surface area contributed by atoms with Gasteiger partial charge in [-0.25, -0.2) is 4.39 Å². The molecule has 0 aromatic heterocycles. The Morgan fingerprint density at radius 1 is 1.22 bits per heavy atom.